The van der Waals surface area contributed by atoms with Crippen molar-refractivity contribution in [2.45, 2.75) is 51.1 Å². The Hall–Kier alpha value is -1.43. The van der Waals surface area contributed by atoms with Crippen LogP contribution in [0.1, 0.15) is 53.2 Å². The Morgan fingerprint density at radius 3 is 2.60 bits per heavy atom. The Kier molecular flexibility index (Phi) is 7.88. The highest BCUT2D eigenvalue weighted by atomic mass is 35.5. The maximum Gasteiger partial charge on any atom is 0.273 e. The van der Waals surface area contributed by atoms with E-state index in [2.05, 4.69) is 17.1 Å². The number of halogens is 1. The molecule has 1 heterocycles. The molecule has 0 aliphatic heterocycles. The van der Waals surface area contributed by atoms with Gasteiger partial charge in [-0.25, -0.2) is 4.98 Å². The van der Waals surface area contributed by atoms with Crippen molar-refractivity contribution < 1.29 is 4.79 Å². The van der Waals surface area contributed by atoms with E-state index in [1.807, 2.05) is 28.5 Å². The summed E-state index contributed by atoms with van der Waals surface area (Å²) in [7, 11) is 0. The van der Waals surface area contributed by atoms with Gasteiger partial charge < -0.3 is 10.6 Å². The van der Waals surface area contributed by atoms with Crippen LogP contribution in [0.5, 0.6) is 0 Å². The lowest BCUT2D eigenvalue weighted by Gasteiger charge is -2.34. The van der Waals surface area contributed by atoms with Crippen molar-refractivity contribution in [2.24, 2.45) is 5.73 Å². The molecule has 6 heteroatoms. The van der Waals surface area contributed by atoms with Gasteiger partial charge in [0, 0.05) is 24.4 Å². The summed E-state index contributed by atoms with van der Waals surface area (Å²) in [5.41, 5.74) is 7.34. The number of hydrogen-bond acceptors (Lipinski definition) is 4. The first-order chi connectivity index (χ1) is 11.8. The lowest BCUT2D eigenvalue weighted by atomic mass is 9.93. The minimum absolute atomic E-state index is 0. The first kappa shape index (κ1) is 19.9. The van der Waals surface area contributed by atoms with Gasteiger partial charge in [0.1, 0.15) is 5.69 Å². The molecule has 0 spiro atoms. The minimum Gasteiger partial charge on any atom is -0.330 e. The predicted molar refractivity (Wildman–Crippen MR) is 105 cm³/mol. The Labute approximate surface area is 159 Å². The summed E-state index contributed by atoms with van der Waals surface area (Å²) < 4.78 is 0. The molecule has 1 aliphatic carbocycles. The van der Waals surface area contributed by atoms with Crippen molar-refractivity contribution >= 4 is 29.7 Å². The third kappa shape index (κ3) is 5.27. The minimum atomic E-state index is 0. The van der Waals surface area contributed by atoms with E-state index in [9.17, 15) is 4.79 Å². The molecule has 0 atom stereocenters. The highest BCUT2D eigenvalue weighted by Crippen LogP contribution is 2.26. The summed E-state index contributed by atoms with van der Waals surface area (Å²) in [6, 6.07) is 10.6. The van der Waals surface area contributed by atoms with Gasteiger partial charge >= 0.3 is 0 Å². The molecular weight excluding hydrogens is 354 g/mol. The molecule has 1 aliphatic rings. The fourth-order valence-corrected chi connectivity index (χ4v) is 4.12. The highest BCUT2D eigenvalue weighted by molar-refractivity contribution is 7.09. The maximum absolute atomic E-state index is 13.1. The zero-order valence-electron chi connectivity index (χ0n) is 14.4. The van der Waals surface area contributed by atoms with Gasteiger partial charge in [0.05, 0.1) is 5.01 Å². The summed E-state index contributed by atoms with van der Waals surface area (Å²) in [6.45, 7) is 1.23. The van der Waals surface area contributed by atoms with Gasteiger partial charge in [0.2, 0.25) is 0 Å². The molecule has 2 aromatic rings. The van der Waals surface area contributed by atoms with Gasteiger partial charge in [-0.15, -0.1) is 23.7 Å². The number of amides is 1. The lowest BCUT2D eigenvalue weighted by Crippen LogP contribution is -2.41. The molecule has 0 radical (unpaired) electrons. The van der Waals surface area contributed by atoms with Crippen molar-refractivity contribution in [3.8, 4) is 0 Å². The molecule has 25 heavy (non-hydrogen) atoms. The standard InChI is InChI=1S/C19H25N3OS.ClH/c20-12-11-18-21-17(14-24-18)19(23)22(16-9-5-2-6-10-16)13-15-7-3-1-4-8-15;/h1,3-4,7-8,14,16H,2,5-6,9-13,20H2;1H. The maximum atomic E-state index is 13.1. The van der Waals surface area contributed by atoms with Crippen LogP contribution in [0.3, 0.4) is 0 Å². The molecule has 1 fully saturated rings. The predicted octanol–water partition coefficient (Wildman–Crippen LogP) is 4.04. The van der Waals surface area contributed by atoms with Crippen LogP contribution in [-0.2, 0) is 13.0 Å². The van der Waals surface area contributed by atoms with Crippen LogP contribution in [-0.4, -0.2) is 28.4 Å². The van der Waals surface area contributed by atoms with Crippen molar-refractivity contribution in [3.63, 3.8) is 0 Å². The SMILES string of the molecule is Cl.NCCc1nc(C(=O)N(Cc2ccccc2)C2CCCCC2)cs1. The van der Waals surface area contributed by atoms with Crippen LogP contribution in [0, 0.1) is 0 Å². The topological polar surface area (TPSA) is 59.2 Å². The summed E-state index contributed by atoms with van der Waals surface area (Å²) in [5.74, 6) is 0.0604. The molecule has 1 aromatic carbocycles. The number of benzene rings is 1. The molecule has 1 saturated carbocycles. The van der Waals surface area contributed by atoms with E-state index in [1.54, 1.807) is 0 Å². The molecule has 3 rings (SSSR count). The Bertz CT molecular complexity index is 656. The molecular formula is C19H26ClN3OS. The van der Waals surface area contributed by atoms with Crippen molar-refractivity contribution in [2.75, 3.05) is 6.54 Å². The van der Waals surface area contributed by atoms with E-state index in [4.69, 9.17) is 5.73 Å². The molecule has 4 nitrogen and oxygen atoms in total. The Balaban J connectivity index is 0.00000225. The van der Waals surface area contributed by atoms with E-state index in [0.717, 1.165) is 24.3 Å². The van der Waals surface area contributed by atoms with Crippen molar-refractivity contribution in [1.29, 1.82) is 0 Å². The number of carbonyl (C=O) groups excluding carboxylic acids is 1. The third-order valence-corrected chi connectivity index (χ3v) is 5.51. The summed E-state index contributed by atoms with van der Waals surface area (Å²) in [5, 5.41) is 2.83. The molecule has 2 N–H and O–H groups in total. The van der Waals surface area contributed by atoms with Gasteiger partial charge in [-0.2, -0.15) is 0 Å². The average molecular weight is 380 g/mol. The Morgan fingerprint density at radius 2 is 1.92 bits per heavy atom. The van der Waals surface area contributed by atoms with Crippen LogP contribution in [0.15, 0.2) is 35.7 Å². The van der Waals surface area contributed by atoms with E-state index in [1.165, 1.54) is 36.2 Å². The fourth-order valence-electron chi connectivity index (χ4n) is 3.33. The van der Waals surface area contributed by atoms with E-state index < -0.39 is 0 Å². The number of nitrogens with zero attached hydrogens (tertiary/aromatic N) is 2. The fraction of sp³-hybridized carbons (Fsp3) is 0.474. The zero-order chi connectivity index (χ0) is 16.8. The van der Waals surface area contributed by atoms with Gasteiger partial charge in [0.15, 0.2) is 0 Å². The number of carbonyl (C=O) groups is 1. The second-order valence-corrected chi connectivity index (χ2v) is 7.32. The lowest BCUT2D eigenvalue weighted by molar-refractivity contribution is 0.0609. The number of thiazole rings is 1. The van der Waals surface area contributed by atoms with E-state index in [-0.39, 0.29) is 18.3 Å². The van der Waals surface area contributed by atoms with Crippen LogP contribution in [0.2, 0.25) is 0 Å². The van der Waals surface area contributed by atoms with Crippen molar-refractivity contribution in [1.82, 2.24) is 9.88 Å². The average Bonchev–Trinajstić information content (AvgIpc) is 3.10. The number of hydrogen-bond donors (Lipinski definition) is 1. The second kappa shape index (κ2) is 9.90. The smallest absolute Gasteiger partial charge is 0.273 e. The molecule has 0 unspecified atom stereocenters. The van der Waals surface area contributed by atoms with Crippen LogP contribution in [0.4, 0.5) is 0 Å². The Morgan fingerprint density at radius 1 is 1.20 bits per heavy atom. The number of aromatic nitrogens is 1. The number of rotatable bonds is 6. The highest BCUT2D eigenvalue weighted by Gasteiger charge is 2.27. The first-order valence-corrected chi connectivity index (χ1v) is 9.65. The van der Waals surface area contributed by atoms with Crippen LogP contribution < -0.4 is 5.73 Å². The molecule has 0 bridgehead atoms. The summed E-state index contributed by atoms with van der Waals surface area (Å²) in [4.78, 5) is 19.6. The van der Waals surface area contributed by atoms with Gasteiger partial charge in [-0.3, -0.25) is 4.79 Å². The van der Waals surface area contributed by atoms with Gasteiger partial charge in [0.25, 0.3) is 5.91 Å². The number of nitrogens with two attached hydrogens (primary N) is 1. The molecule has 136 valence electrons. The molecule has 1 aromatic heterocycles. The molecule has 1 amide bonds. The van der Waals surface area contributed by atoms with Crippen LogP contribution in [0.25, 0.3) is 0 Å². The van der Waals surface area contributed by atoms with Gasteiger partial charge in [-0.1, -0.05) is 49.6 Å². The largest absolute Gasteiger partial charge is 0.330 e. The van der Waals surface area contributed by atoms with E-state index >= 15 is 0 Å². The zero-order valence-corrected chi connectivity index (χ0v) is 16.0. The second-order valence-electron chi connectivity index (χ2n) is 6.38. The molecule has 0 saturated heterocycles. The first-order valence-electron chi connectivity index (χ1n) is 8.77. The summed E-state index contributed by atoms with van der Waals surface area (Å²) >= 11 is 1.53. The summed E-state index contributed by atoms with van der Waals surface area (Å²) in [6.07, 6.45) is 6.62. The van der Waals surface area contributed by atoms with Crippen LogP contribution >= 0.6 is 23.7 Å². The monoisotopic (exact) mass is 379 g/mol. The van der Waals surface area contributed by atoms with Crippen molar-refractivity contribution in [3.05, 3.63) is 52.0 Å². The van der Waals surface area contributed by atoms with E-state index in [0.29, 0.717) is 24.8 Å². The normalized spacial score (nSPS) is 14.8. The quantitative estimate of drug-likeness (QED) is 0.823. The third-order valence-electron chi connectivity index (χ3n) is 4.60. The van der Waals surface area contributed by atoms with Gasteiger partial charge in [-0.05, 0) is 24.9 Å².